The molecule has 3 rings (SSSR count). The summed E-state index contributed by atoms with van der Waals surface area (Å²) < 4.78 is 11.5. The summed E-state index contributed by atoms with van der Waals surface area (Å²) >= 11 is 0. The number of aryl methyl sites for hydroxylation is 2. The molecule has 0 aliphatic heterocycles. The zero-order valence-corrected chi connectivity index (χ0v) is 18.1. The number of carboxylic acid groups (broad SMARTS) is 1. The molecule has 0 amide bonds. The summed E-state index contributed by atoms with van der Waals surface area (Å²) in [5, 5.41) is 9.34. The molecular formula is C25H32O4. The van der Waals surface area contributed by atoms with Crippen molar-refractivity contribution in [3.05, 3.63) is 58.7 Å². The highest BCUT2D eigenvalue weighted by molar-refractivity contribution is 5.77. The van der Waals surface area contributed by atoms with E-state index in [1.165, 1.54) is 17.5 Å². The first-order valence-electron chi connectivity index (χ1n) is 10.5. The average molecular weight is 397 g/mol. The molecule has 0 radical (unpaired) electrons. The molecule has 2 atom stereocenters. The summed E-state index contributed by atoms with van der Waals surface area (Å²) in [5.41, 5.74) is 3.42. The van der Waals surface area contributed by atoms with Gasteiger partial charge in [0.25, 0.3) is 0 Å². The molecule has 0 saturated heterocycles. The van der Waals surface area contributed by atoms with Gasteiger partial charge in [0.05, 0.1) is 6.61 Å². The van der Waals surface area contributed by atoms with Crippen LogP contribution in [-0.4, -0.2) is 23.3 Å². The molecule has 0 heterocycles. The molecule has 2 unspecified atom stereocenters. The fourth-order valence-electron chi connectivity index (χ4n) is 3.78. The normalized spacial score (nSPS) is 18.4. The molecule has 29 heavy (non-hydrogen) atoms. The molecule has 156 valence electrons. The maximum absolute atomic E-state index is 11.4. The Bertz CT molecular complexity index is 844. The Balaban J connectivity index is 1.65. The number of ether oxygens (including phenoxy) is 2. The zero-order valence-electron chi connectivity index (χ0n) is 18.1. The van der Waals surface area contributed by atoms with E-state index in [9.17, 15) is 9.90 Å². The van der Waals surface area contributed by atoms with Crippen LogP contribution < -0.4 is 9.47 Å². The number of benzene rings is 2. The molecule has 0 spiro atoms. The van der Waals surface area contributed by atoms with Crippen LogP contribution in [0.3, 0.4) is 0 Å². The molecule has 4 nitrogen and oxygen atoms in total. The van der Waals surface area contributed by atoms with Crippen molar-refractivity contribution < 1.29 is 19.4 Å². The van der Waals surface area contributed by atoms with Crippen LogP contribution in [0, 0.1) is 19.8 Å². The zero-order chi connectivity index (χ0) is 21.2. The Kier molecular flexibility index (Phi) is 6.21. The Hall–Kier alpha value is -2.49. The van der Waals surface area contributed by atoms with Crippen LogP contribution >= 0.6 is 0 Å². The van der Waals surface area contributed by atoms with Gasteiger partial charge in [0, 0.05) is 0 Å². The standard InChI is InChI=1S/C25H32O4/c1-6-11-28-21-9-7-18(8-10-21)14-20-15-22(20)19-12-16(2)23(17(3)13-19)29-25(4,5)24(26)27/h7-10,12-13,20,22H,6,11,14-15H2,1-5H3,(H,26,27). The second-order valence-electron chi connectivity index (χ2n) is 8.70. The van der Waals surface area contributed by atoms with Crippen molar-refractivity contribution in [2.45, 2.75) is 65.4 Å². The van der Waals surface area contributed by atoms with Gasteiger partial charge in [-0.15, -0.1) is 0 Å². The number of hydrogen-bond acceptors (Lipinski definition) is 3. The smallest absolute Gasteiger partial charge is 0.347 e. The fourth-order valence-corrected chi connectivity index (χ4v) is 3.78. The van der Waals surface area contributed by atoms with E-state index in [0.717, 1.165) is 36.3 Å². The van der Waals surface area contributed by atoms with Crippen LogP contribution in [0.15, 0.2) is 36.4 Å². The lowest BCUT2D eigenvalue weighted by Crippen LogP contribution is -2.38. The molecule has 1 aliphatic rings. The predicted octanol–water partition coefficient (Wildman–Crippen LogP) is 5.68. The van der Waals surface area contributed by atoms with Gasteiger partial charge in [-0.25, -0.2) is 4.79 Å². The van der Waals surface area contributed by atoms with Crippen molar-refractivity contribution in [1.29, 1.82) is 0 Å². The van der Waals surface area contributed by atoms with E-state index in [2.05, 4.69) is 43.3 Å². The highest BCUT2D eigenvalue weighted by atomic mass is 16.5. The van der Waals surface area contributed by atoms with Gasteiger partial charge in [-0.3, -0.25) is 0 Å². The van der Waals surface area contributed by atoms with Crippen LogP contribution in [-0.2, 0) is 11.2 Å². The van der Waals surface area contributed by atoms with Crippen LogP contribution in [0.25, 0.3) is 0 Å². The maximum Gasteiger partial charge on any atom is 0.347 e. The van der Waals surface area contributed by atoms with Gasteiger partial charge in [-0.2, -0.15) is 0 Å². The van der Waals surface area contributed by atoms with E-state index >= 15 is 0 Å². The topological polar surface area (TPSA) is 55.8 Å². The number of hydrogen-bond donors (Lipinski definition) is 1. The molecule has 4 heteroatoms. The van der Waals surface area contributed by atoms with Gasteiger partial charge in [0.1, 0.15) is 11.5 Å². The van der Waals surface area contributed by atoms with Crippen LogP contribution in [0.2, 0.25) is 0 Å². The third-order valence-electron chi connectivity index (χ3n) is 5.60. The molecule has 0 aromatic heterocycles. The first-order chi connectivity index (χ1) is 13.7. The minimum absolute atomic E-state index is 0.560. The Morgan fingerprint density at radius 3 is 2.31 bits per heavy atom. The molecule has 2 aromatic carbocycles. The molecule has 0 bridgehead atoms. The van der Waals surface area contributed by atoms with E-state index in [-0.39, 0.29) is 0 Å². The first-order valence-corrected chi connectivity index (χ1v) is 10.5. The highest BCUT2D eigenvalue weighted by Gasteiger charge is 2.39. The van der Waals surface area contributed by atoms with Crippen molar-refractivity contribution >= 4 is 5.97 Å². The SMILES string of the molecule is CCCOc1ccc(CC2CC2c2cc(C)c(OC(C)(C)C(=O)O)c(C)c2)cc1. The van der Waals surface area contributed by atoms with E-state index < -0.39 is 11.6 Å². The lowest BCUT2D eigenvalue weighted by molar-refractivity contribution is -0.152. The largest absolute Gasteiger partial charge is 0.494 e. The molecule has 1 saturated carbocycles. The van der Waals surface area contributed by atoms with Crippen molar-refractivity contribution in [2.24, 2.45) is 5.92 Å². The first kappa shape index (κ1) is 21.2. The second-order valence-corrected chi connectivity index (χ2v) is 8.70. The van der Waals surface area contributed by atoms with Gasteiger partial charge in [-0.1, -0.05) is 31.2 Å². The lowest BCUT2D eigenvalue weighted by Gasteiger charge is -2.24. The van der Waals surface area contributed by atoms with Gasteiger partial charge in [0.2, 0.25) is 0 Å². The summed E-state index contributed by atoms with van der Waals surface area (Å²) in [5.74, 6) is 1.87. The summed E-state index contributed by atoms with van der Waals surface area (Å²) in [6.45, 7) is 10.0. The van der Waals surface area contributed by atoms with Crippen molar-refractivity contribution in [2.75, 3.05) is 6.61 Å². The van der Waals surface area contributed by atoms with Crippen molar-refractivity contribution in [1.82, 2.24) is 0 Å². The molecule has 2 aromatic rings. The van der Waals surface area contributed by atoms with Gasteiger partial charge < -0.3 is 14.6 Å². The van der Waals surface area contributed by atoms with Crippen LogP contribution in [0.5, 0.6) is 11.5 Å². The third-order valence-corrected chi connectivity index (χ3v) is 5.60. The van der Waals surface area contributed by atoms with E-state index in [4.69, 9.17) is 9.47 Å². The number of carbonyl (C=O) groups is 1. The average Bonchev–Trinajstić information content (AvgIpc) is 3.43. The van der Waals surface area contributed by atoms with Gasteiger partial charge in [0.15, 0.2) is 5.60 Å². The summed E-state index contributed by atoms with van der Waals surface area (Å²) in [7, 11) is 0. The highest BCUT2D eigenvalue weighted by Crippen LogP contribution is 2.50. The molecular weight excluding hydrogens is 364 g/mol. The summed E-state index contributed by atoms with van der Waals surface area (Å²) in [6, 6.07) is 12.8. The molecule has 1 aliphatic carbocycles. The monoisotopic (exact) mass is 396 g/mol. The Labute approximate surface area is 173 Å². The molecule has 1 fully saturated rings. The van der Waals surface area contributed by atoms with E-state index in [1.54, 1.807) is 13.8 Å². The number of aliphatic carboxylic acids is 1. The predicted molar refractivity (Wildman–Crippen MR) is 115 cm³/mol. The van der Waals surface area contributed by atoms with Gasteiger partial charge in [-0.05, 0) is 93.2 Å². The quantitative estimate of drug-likeness (QED) is 0.592. The Morgan fingerprint density at radius 2 is 1.76 bits per heavy atom. The maximum atomic E-state index is 11.4. The fraction of sp³-hybridized carbons (Fsp3) is 0.480. The summed E-state index contributed by atoms with van der Waals surface area (Å²) in [6.07, 6.45) is 3.27. The lowest BCUT2D eigenvalue weighted by atomic mass is 9.99. The van der Waals surface area contributed by atoms with E-state index in [1.807, 2.05) is 13.8 Å². The molecule has 1 N–H and O–H groups in total. The van der Waals surface area contributed by atoms with E-state index in [0.29, 0.717) is 17.6 Å². The number of carboxylic acids is 1. The minimum atomic E-state index is -1.24. The van der Waals surface area contributed by atoms with Crippen molar-refractivity contribution in [3.63, 3.8) is 0 Å². The minimum Gasteiger partial charge on any atom is -0.494 e. The van der Waals surface area contributed by atoms with Gasteiger partial charge >= 0.3 is 5.97 Å². The van der Waals surface area contributed by atoms with Crippen LogP contribution in [0.4, 0.5) is 0 Å². The van der Waals surface area contributed by atoms with Crippen LogP contribution in [0.1, 0.15) is 61.8 Å². The Morgan fingerprint density at radius 1 is 1.14 bits per heavy atom. The van der Waals surface area contributed by atoms with Crippen molar-refractivity contribution in [3.8, 4) is 11.5 Å². The second kappa shape index (κ2) is 8.48. The number of rotatable bonds is 9. The summed E-state index contributed by atoms with van der Waals surface area (Å²) in [4.78, 5) is 11.4. The third kappa shape index (κ3) is 5.11.